The maximum Gasteiger partial charge on any atom is 0.0757 e. The van der Waals surface area contributed by atoms with Crippen LogP contribution in [0.15, 0.2) is 13.6 Å². The van der Waals surface area contributed by atoms with Gasteiger partial charge in [0.05, 0.1) is 19.1 Å². The summed E-state index contributed by atoms with van der Waals surface area (Å²) in [5.74, 6) is 0.421. The number of halogens is 3. The van der Waals surface area contributed by atoms with Gasteiger partial charge in [-0.05, 0) is 56.8 Å². The van der Waals surface area contributed by atoms with Crippen molar-refractivity contribution in [3.8, 4) is 0 Å². The predicted octanol–water partition coefficient (Wildman–Crippen LogP) is 4.98. The fraction of sp³-hybridized carbons (Fsp3) is 0.600. The van der Waals surface area contributed by atoms with E-state index >= 15 is 0 Å². The lowest BCUT2D eigenvalue weighted by molar-refractivity contribution is 0.105. The molecule has 0 aromatic carbocycles. The van der Waals surface area contributed by atoms with E-state index in [2.05, 4.69) is 44.8 Å². The second-order valence-electron chi connectivity index (χ2n) is 3.71. The highest BCUT2D eigenvalue weighted by atomic mass is 79.9. The summed E-state index contributed by atoms with van der Waals surface area (Å²) >= 11 is 15.2. The summed E-state index contributed by atoms with van der Waals surface area (Å²) in [4.78, 5) is 0. The van der Waals surface area contributed by atoms with Crippen molar-refractivity contribution in [2.75, 3.05) is 6.61 Å². The second kappa shape index (κ2) is 5.05. The zero-order valence-electron chi connectivity index (χ0n) is 8.17. The van der Waals surface area contributed by atoms with Crippen molar-refractivity contribution in [1.29, 1.82) is 0 Å². The average molecular weight is 375 g/mol. The molecule has 0 amide bonds. The molecule has 5 heteroatoms. The number of thiophene rings is 1. The standard InChI is InChI=1S/C10H11Br2ClOS/c1-5-6(2-3-14-5)9(13)7-4-8(11)15-10(7)12/h4-6,9H,2-3H2,1H3. The highest BCUT2D eigenvalue weighted by molar-refractivity contribution is 9.12. The Bertz CT molecular complexity index is 355. The van der Waals surface area contributed by atoms with Crippen molar-refractivity contribution < 1.29 is 4.74 Å². The zero-order valence-corrected chi connectivity index (χ0v) is 12.9. The first kappa shape index (κ1) is 12.4. The third-order valence-electron chi connectivity index (χ3n) is 2.79. The minimum Gasteiger partial charge on any atom is -0.378 e. The Morgan fingerprint density at radius 3 is 2.80 bits per heavy atom. The zero-order chi connectivity index (χ0) is 11.0. The fourth-order valence-corrected chi connectivity index (χ4v) is 5.53. The third kappa shape index (κ3) is 2.60. The van der Waals surface area contributed by atoms with E-state index in [0.29, 0.717) is 5.92 Å². The molecule has 84 valence electrons. The Labute approximate surface area is 115 Å². The van der Waals surface area contributed by atoms with Gasteiger partial charge in [-0.15, -0.1) is 22.9 Å². The molecule has 1 aromatic heterocycles. The lowest BCUT2D eigenvalue weighted by Gasteiger charge is -2.19. The van der Waals surface area contributed by atoms with Crippen LogP contribution in [0.1, 0.15) is 24.3 Å². The number of hydrogen-bond donors (Lipinski definition) is 0. The minimum atomic E-state index is 0.0411. The van der Waals surface area contributed by atoms with Gasteiger partial charge in [-0.1, -0.05) is 0 Å². The van der Waals surface area contributed by atoms with E-state index in [9.17, 15) is 0 Å². The van der Waals surface area contributed by atoms with Gasteiger partial charge in [0.25, 0.3) is 0 Å². The van der Waals surface area contributed by atoms with E-state index in [-0.39, 0.29) is 11.5 Å². The lowest BCUT2D eigenvalue weighted by Crippen LogP contribution is -2.16. The normalized spacial score (nSPS) is 28.3. The van der Waals surface area contributed by atoms with Crippen LogP contribution in [0.4, 0.5) is 0 Å². The van der Waals surface area contributed by atoms with E-state index < -0.39 is 0 Å². The number of alkyl halides is 1. The molecule has 1 aromatic rings. The van der Waals surface area contributed by atoms with Gasteiger partial charge in [0.2, 0.25) is 0 Å². The van der Waals surface area contributed by atoms with Gasteiger partial charge in [-0.2, -0.15) is 0 Å². The summed E-state index contributed by atoms with van der Waals surface area (Å²) < 4.78 is 7.78. The van der Waals surface area contributed by atoms with Gasteiger partial charge >= 0.3 is 0 Å². The number of hydrogen-bond acceptors (Lipinski definition) is 2. The van der Waals surface area contributed by atoms with Crippen LogP contribution in [0.2, 0.25) is 0 Å². The molecule has 1 aliphatic rings. The summed E-state index contributed by atoms with van der Waals surface area (Å²) in [6.07, 6.45) is 1.31. The van der Waals surface area contributed by atoms with Crippen LogP contribution >= 0.6 is 54.8 Å². The molecule has 1 saturated heterocycles. The Morgan fingerprint density at radius 1 is 1.60 bits per heavy atom. The summed E-state index contributed by atoms with van der Waals surface area (Å²) in [5.41, 5.74) is 1.18. The quantitative estimate of drug-likeness (QED) is 0.664. The average Bonchev–Trinajstić information content (AvgIpc) is 2.71. The Hall–Kier alpha value is 0.910. The maximum absolute atomic E-state index is 6.50. The van der Waals surface area contributed by atoms with Gasteiger partial charge in [-0.3, -0.25) is 0 Å². The first-order chi connectivity index (χ1) is 7.09. The molecule has 0 radical (unpaired) electrons. The van der Waals surface area contributed by atoms with Crippen molar-refractivity contribution in [1.82, 2.24) is 0 Å². The molecule has 0 aliphatic carbocycles. The molecule has 1 fully saturated rings. The summed E-state index contributed by atoms with van der Waals surface area (Å²) in [7, 11) is 0. The van der Waals surface area contributed by atoms with Crippen LogP contribution in [-0.4, -0.2) is 12.7 Å². The Balaban J connectivity index is 2.19. The van der Waals surface area contributed by atoms with Crippen LogP contribution in [-0.2, 0) is 4.74 Å². The Kier molecular flexibility index (Phi) is 4.16. The van der Waals surface area contributed by atoms with E-state index in [0.717, 1.165) is 20.6 Å². The predicted molar refractivity (Wildman–Crippen MR) is 71.8 cm³/mol. The first-order valence-corrected chi connectivity index (χ1v) is 7.64. The molecule has 15 heavy (non-hydrogen) atoms. The van der Waals surface area contributed by atoms with E-state index in [1.807, 2.05) is 0 Å². The van der Waals surface area contributed by atoms with E-state index in [1.165, 1.54) is 5.56 Å². The minimum absolute atomic E-state index is 0.0411. The van der Waals surface area contributed by atoms with Gasteiger partial charge < -0.3 is 4.74 Å². The first-order valence-electron chi connectivity index (χ1n) is 4.80. The van der Waals surface area contributed by atoms with Crippen molar-refractivity contribution in [3.63, 3.8) is 0 Å². The van der Waals surface area contributed by atoms with Crippen LogP contribution in [0.25, 0.3) is 0 Å². The van der Waals surface area contributed by atoms with Crippen LogP contribution in [0, 0.1) is 5.92 Å². The van der Waals surface area contributed by atoms with E-state index in [1.54, 1.807) is 11.3 Å². The second-order valence-corrected chi connectivity index (χ2v) is 7.93. The third-order valence-corrected chi connectivity index (χ3v) is 5.74. The lowest BCUT2D eigenvalue weighted by atomic mass is 9.95. The molecule has 3 atom stereocenters. The molecule has 0 N–H and O–H groups in total. The van der Waals surface area contributed by atoms with Gasteiger partial charge in [0.1, 0.15) is 0 Å². The molecule has 0 spiro atoms. The van der Waals surface area contributed by atoms with Crippen LogP contribution in [0.3, 0.4) is 0 Å². The van der Waals surface area contributed by atoms with Crippen molar-refractivity contribution >= 4 is 54.8 Å². The van der Waals surface area contributed by atoms with Crippen molar-refractivity contribution in [3.05, 3.63) is 19.2 Å². The topological polar surface area (TPSA) is 9.23 Å². The van der Waals surface area contributed by atoms with Gasteiger partial charge in [-0.25, -0.2) is 0 Å². The Morgan fingerprint density at radius 2 is 2.33 bits per heavy atom. The summed E-state index contributed by atoms with van der Waals surface area (Å²) in [5, 5.41) is 0.0411. The van der Waals surface area contributed by atoms with Gasteiger partial charge in [0.15, 0.2) is 0 Å². The number of rotatable bonds is 2. The van der Waals surface area contributed by atoms with E-state index in [4.69, 9.17) is 16.3 Å². The molecule has 1 aliphatic heterocycles. The molecule has 2 rings (SSSR count). The fourth-order valence-electron chi connectivity index (χ4n) is 1.90. The molecule has 3 unspecified atom stereocenters. The largest absolute Gasteiger partial charge is 0.378 e. The molecule has 0 saturated carbocycles. The smallest absolute Gasteiger partial charge is 0.0757 e. The highest BCUT2D eigenvalue weighted by Crippen LogP contribution is 2.44. The molecular formula is C10H11Br2ClOS. The number of ether oxygens (including phenoxy) is 1. The summed E-state index contributed by atoms with van der Waals surface area (Å²) in [6, 6.07) is 2.09. The van der Waals surface area contributed by atoms with Crippen molar-refractivity contribution in [2.45, 2.75) is 24.8 Å². The molecule has 0 bridgehead atoms. The maximum atomic E-state index is 6.50. The summed E-state index contributed by atoms with van der Waals surface area (Å²) in [6.45, 7) is 2.93. The molecule has 2 heterocycles. The monoisotopic (exact) mass is 372 g/mol. The highest BCUT2D eigenvalue weighted by Gasteiger charge is 2.33. The SMILES string of the molecule is CC1OCCC1C(Cl)c1cc(Br)sc1Br. The van der Waals surface area contributed by atoms with Crippen LogP contribution < -0.4 is 0 Å². The van der Waals surface area contributed by atoms with Gasteiger partial charge in [0, 0.05) is 12.5 Å². The van der Waals surface area contributed by atoms with Crippen molar-refractivity contribution in [2.24, 2.45) is 5.92 Å². The van der Waals surface area contributed by atoms with Crippen LogP contribution in [0.5, 0.6) is 0 Å². The molecular weight excluding hydrogens is 363 g/mol. The molecule has 1 nitrogen and oxygen atoms in total.